The summed E-state index contributed by atoms with van der Waals surface area (Å²) in [5, 5.41) is 21.7. The second kappa shape index (κ2) is 6.59. The first-order valence-corrected chi connectivity index (χ1v) is 10.1. The van der Waals surface area contributed by atoms with Crippen LogP contribution in [0.5, 0.6) is 0 Å². The van der Waals surface area contributed by atoms with E-state index in [0.29, 0.717) is 19.3 Å². The van der Waals surface area contributed by atoms with Gasteiger partial charge in [0.15, 0.2) is 5.79 Å². The van der Waals surface area contributed by atoms with Gasteiger partial charge in [0.1, 0.15) is 6.10 Å². The molecule has 2 saturated carbocycles. The van der Waals surface area contributed by atoms with Crippen LogP contribution in [0, 0.1) is 11.3 Å². The first kappa shape index (κ1) is 20.9. The van der Waals surface area contributed by atoms with E-state index < -0.39 is 41.1 Å². The summed E-state index contributed by atoms with van der Waals surface area (Å²) in [5.41, 5.74) is -0.555. The molecule has 8 heteroatoms. The molecule has 0 amide bonds. The number of fused-ring (bicyclic) bond motifs is 2. The molecular weight excluding hydrogens is 368 g/mol. The Morgan fingerprint density at radius 3 is 1.89 bits per heavy atom. The highest BCUT2D eigenvalue weighted by Crippen LogP contribution is 2.59. The van der Waals surface area contributed by atoms with E-state index in [1.807, 2.05) is 13.8 Å². The van der Waals surface area contributed by atoms with Crippen LogP contribution in [-0.2, 0) is 28.4 Å². The summed E-state index contributed by atoms with van der Waals surface area (Å²) in [7, 11) is 3.08. The van der Waals surface area contributed by atoms with Crippen molar-refractivity contribution in [3.8, 4) is 0 Å². The Balaban J connectivity index is 1.63. The molecule has 8 nitrogen and oxygen atoms in total. The monoisotopic (exact) mass is 402 g/mol. The molecule has 0 aromatic carbocycles. The molecule has 0 bridgehead atoms. The molecule has 0 aromatic heterocycles. The van der Waals surface area contributed by atoms with E-state index in [0.717, 1.165) is 0 Å². The van der Waals surface area contributed by atoms with E-state index in [1.165, 1.54) is 7.11 Å². The molecular formula is C20H34O8. The summed E-state index contributed by atoms with van der Waals surface area (Å²) < 4.78 is 35.9. The maximum Gasteiger partial charge on any atom is 0.220 e. The molecule has 4 aliphatic rings. The van der Waals surface area contributed by atoms with Crippen molar-refractivity contribution in [2.45, 2.75) is 94.8 Å². The van der Waals surface area contributed by atoms with Crippen LogP contribution in [0.25, 0.3) is 0 Å². The third-order valence-corrected chi connectivity index (χ3v) is 7.61. The van der Waals surface area contributed by atoms with E-state index in [2.05, 4.69) is 0 Å². The summed E-state index contributed by atoms with van der Waals surface area (Å²) in [4.78, 5) is 0. The van der Waals surface area contributed by atoms with E-state index in [9.17, 15) is 10.2 Å². The highest BCUT2D eigenvalue weighted by atomic mass is 16.8. The van der Waals surface area contributed by atoms with Crippen LogP contribution in [0.3, 0.4) is 0 Å². The largest absolute Gasteiger partial charge is 0.396 e. The van der Waals surface area contributed by atoms with Gasteiger partial charge in [-0.2, -0.15) is 0 Å². The van der Waals surface area contributed by atoms with Gasteiger partial charge in [-0.1, -0.05) is 0 Å². The van der Waals surface area contributed by atoms with Crippen LogP contribution >= 0.6 is 0 Å². The van der Waals surface area contributed by atoms with Crippen molar-refractivity contribution in [2.75, 3.05) is 20.8 Å². The van der Waals surface area contributed by atoms with Crippen LogP contribution in [0.2, 0.25) is 0 Å². The highest BCUT2D eigenvalue weighted by molar-refractivity contribution is 5.13. The topological polar surface area (TPSA) is 95.8 Å². The fourth-order valence-electron chi connectivity index (χ4n) is 5.82. The van der Waals surface area contributed by atoms with Gasteiger partial charge in [-0.3, -0.25) is 0 Å². The maximum atomic E-state index is 11.5. The average molecular weight is 402 g/mol. The number of methoxy groups -OCH3 is 2. The van der Waals surface area contributed by atoms with E-state index >= 15 is 0 Å². The SMILES string of the molecule is CO[C@@]1(C)O[C@@H]2[C@@H](O)C3(C[C@@H]4OC(C)(C)O[C@@H]4C3)[C@@H](CO)C[C@H]2O[C@]1(C)OC. The second-order valence-corrected chi connectivity index (χ2v) is 9.45. The Hall–Kier alpha value is -0.320. The van der Waals surface area contributed by atoms with Crippen molar-refractivity contribution in [2.24, 2.45) is 11.3 Å². The van der Waals surface area contributed by atoms with Crippen molar-refractivity contribution in [1.29, 1.82) is 0 Å². The maximum absolute atomic E-state index is 11.5. The third kappa shape index (κ3) is 2.80. The molecule has 4 fully saturated rings. The first-order valence-electron chi connectivity index (χ1n) is 10.1. The van der Waals surface area contributed by atoms with Gasteiger partial charge in [0.25, 0.3) is 0 Å². The summed E-state index contributed by atoms with van der Waals surface area (Å²) in [5.74, 6) is -3.08. The van der Waals surface area contributed by atoms with Crippen LogP contribution in [0.1, 0.15) is 47.0 Å². The molecule has 1 spiro atoms. The van der Waals surface area contributed by atoms with Crippen LogP contribution in [-0.4, -0.2) is 78.9 Å². The Morgan fingerprint density at radius 2 is 1.39 bits per heavy atom. The molecule has 0 radical (unpaired) electrons. The third-order valence-electron chi connectivity index (χ3n) is 7.61. The zero-order valence-corrected chi connectivity index (χ0v) is 17.6. The van der Waals surface area contributed by atoms with Crippen molar-refractivity contribution >= 4 is 0 Å². The molecule has 1 unspecified atom stereocenters. The minimum Gasteiger partial charge on any atom is -0.396 e. The molecule has 2 aliphatic heterocycles. The lowest BCUT2D eigenvalue weighted by molar-refractivity contribution is -0.464. The van der Waals surface area contributed by atoms with E-state index in [1.54, 1.807) is 21.0 Å². The zero-order valence-electron chi connectivity index (χ0n) is 17.6. The fraction of sp³-hybridized carbons (Fsp3) is 1.00. The lowest BCUT2D eigenvalue weighted by Gasteiger charge is -2.59. The lowest BCUT2D eigenvalue weighted by atomic mass is 9.61. The van der Waals surface area contributed by atoms with Gasteiger partial charge in [0, 0.05) is 26.2 Å². The lowest BCUT2D eigenvalue weighted by Crippen LogP contribution is -2.71. The van der Waals surface area contributed by atoms with Gasteiger partial charge in [-0.15, -0.1) is 0 Å². The number of aliphatic hydroxyl groups is 2. The fourth-order valence-corrected chi connectivity index (χ4v) is 5.82. The second-order valence-electron chi connectivity index (χ2n) is 9.45. The number of hydrogen-bond donors (Lipinski definition) is 2. The van der Waals surface area contributed by atoms with E-state index in [4.69, 9.17) is 28.4 Å². The van der Waals surface area contributed by atoms with Gasteiger partial charge in [0.2, 0.25) is 11.6 Å². The summed E-state index contributed by atoms with van der Waals surface area (Å²) in [6.45, 7) is 7.28. The Kier molecular flexibility index (Phi) is 4.92. The highest BCUT2D eigenvalue weighted by Gasteiger charge is 2.67. The first-order chi connectivity index (χ1) is 13.0. The van der Waals surface area contributed by atoms with Gasteiger partial charge < -0.3 is 38.6 Å². The van der Waals surface area contributed by atoms with Crippen molar-refractivity contribution < 1.29 is 38.6 Å². The smallest absolute Gasteiger partial charge is 0.220 e. The summed E-state index contributed by atoms with van der Waals surface area (Å²) in [6, 6.07) is 0. The summed E-state index contributed by atoms with van der Waals surface area (Å²) in [6.07, 6.45) is -0.264. The summed E-state index contributed by atoms with van der Waals surface area (Å²) >= 11 is 0. The zero-order chi connectivity index (χ0) is 20.5. The Labute approximate surface area is 166 Å². The molecule has 2 saturated heterocycles. The van der Waals surface area contributed by atoms with Gasteiger partial charge in [-0.25, -0.2) is 0 Å². The number of hydrogen-bond acceptors (Lipinski definition) is 8. The molecule has 28 heavy (non-hydrogen) atoms. The van der Waals surface area contributed by atoms with Gasteiger partial charge in [-0.05, 0) is 52.9 Å². The molecule has 4 rings (SSSR count). The van der Waals surface area contributed by atoms with E-state index in [-0.39, 0.29) is 24.7 Å². The Bertz CT molecular complexity index is 595. The molecule has 9 atom stereocenters. The number of ether oxygens (including phenoxy) is 6. The molecule has 2 aliphatic carbocycles. The van der Waals surface area contributed by atoms with Gasteiger partial charge in [0.05, 0.1) is 24.4 Å². The quantitative estimate of drug-likeness (QED) is 0.726. The van der Waals surface area contributed by atoms with Crippen LogP contribution in [0.15, 0.2) is 0 Å². The minimum atomic E-state index is -1.18. The van der Waals surface area contributed by atoms with Gasteiger partial charge >= 0.3 is 0 Å². The van der Waals surface area contributed by atoms with Crippen molar-refractivity contribution in [3.63, 3.8) is 0 Å². The number of rotatable bonds is 3. The molecule has 162 valence electrons. The van der Waals surface area contributed by atoms with Crippen LogP contribution < -0.4 is 0 Å². The van der Waals surface area contributed by atoms with Crippen molar-refractivity contribution in [1.82, 2.24) is 0 Å². The molecule has 2 N–H and O–H groups in total. The molecule has 2 heterocycles. The number of aliphatic hydroxyl groups excluding tert-OH is 2. The standard InChI is InChI=1S/C20H34O8/c1-17(2)25-13-8-20(9-14(13)26-17)11(10-21)7-12-15(16(20)22)28-19(4,24-6)18(3,23-5)27-12/h11-16,21-22H,7-10H2,1-6H3/t11-,12-,13-,14+,15+,16-,18+,19+,20?/m1/s1. The predicted octanol–water partition coefficient (Wildman–Crippen LogP) is 1.17. The minimum absolute atomic E-state index is 0.0439. The predicted molar refractivity (Wildman–Crippen MR) is 97.3 cm³/mol. The average Bonchev–Trinajstić information content (AvgIpc) is 3.11. The molecule has 0 aromatic rings. The Morgan fingerprint density at radius 1 is 0.857 bits per heavy atom. The van der Waals surface area contributed by atoms with Crippen molar-refractivity contribution in [3.05, 3.63) is 0 Å². The van der Waals surface area contributed by atoms with Crippen LogP contribution in [0.4, 0.5) is 0 Å². The normalized spacial score (nSPS) is 55.3.